The zero-order valence-corrected chi connectivity index (χ0v) is 41.8. The van der Waals surface area contributed by atoms with Crippen molar-refractivity contribution in [1.29, 1.82) is 0 Å². The maximum atomic E-state index is 13.5. The first kappa shape index (κ1) is 53.5. The molecule has 5 aromatic carbocycles. The third kappa shape index (κ3) is 13.6. The van der Waals surface area contributed by atoms with Gasteiger partial charge < -0.3 is 30.7 Å². The van der Waals surface area contributed by atoms with Gasteiger partial charge in [-0.3, -0.25) is 28.8 Å². The van der Waals surface area contributed by atoms with Gasteiger partial charge >= 0.3 is 0 Å². The van der Waals surface area contributed by atoms with Crippen LogP contribution in [0.5, 0.6) is 11.5 Å². The fourth-order valence-corrected chi connectivity index (χ4v) is 7.58. The van der Waals surface area contributed by atoms with E-state index in [0.717, 1.165) is 13.8 Å². The molecule has 21 heteroatoms. The van der Waals surface area contributed by atoms with Crippen molar-refractivity contribution >= 4 is 127 Å². The third-order valence-electron chi connectivity index (χ3n) is 10.1. The highest BCUT2D eigenvalue weighted by Gasteiger charge is 2.27. The molecule has 360 valence electrons. The molecule has 0 bridgehead atoms. The predicted molar refractivity (Wildman–Crippen MR) is 269 cm³/mol. The summed E-state index contributed by atoms with van der Waals surface area (Å²) in [6.45, 7) is 7.46. The Hall–Kier alpha value is -6.43. The van der Waals surface area contributed by atoms with Crippen LogP contribution >= 0.6 is 58.0 Å². The molecule has 0 aromatic heterocycles. The molecule has 0 saturated carbocycles. The molecule has 69 heavy (non-hydrogen) atoms. The van der Waals surface area contributed by atoms with Gasteiger partial charge in [0, 0.05) is 22.5 Å². The Morgan fingerprint density at radius 2 is 0.928 bits per heavy atom. The number of rotatable bonds is 19. The first-order chi connectivity index (χ1) is 32.7. The highest BCUT2D eigenvalue weighted by Crippen LogP contribution is 2.38. The number of azo groups is 2. The monoisotopic (exact) mass is 1040 g/mol. The number of ether oxygens (including phenoxy) is 2. The Labute approximate surface area is 422 Å². The van der Waals surface area contributed by atoms with Crippen molar-refractivity contribution in [2.45, 2.75) is 62.8 Å². The van der Waals surface area contributed by atoms with Gasteiger partial charge in [0.25, 0.3) is 23.6 Å². The fraction of sp³-hybridized carbons (Fsp3) is 0.250. The fourth-order valence-electron chi connectivity index (χ4n) is 6.65. The maximum Gasteiger partial charge on any atom is 0.258 e. The van der Waals surface area contributed by atoms with Crippen LogP contribution < -0.4 is 30.7 Å². The highest BCUT2D eigenvalue weighted by molar-refractivity contribution is 6.35. The summed E-state index contributed by atoms with van der Waals surface area (Å²) in [6, 6.07) is 19.7. The molecular formula is C48H45Cl5N8O8. The number of alkyl halides is 3. The smallest absolute Gasteiger partial charge is 0.258 e. The van der Waals surface area contributed by atoms with E-state index in [1.165, 1.54) is 68.8 Å². The lowest BCUT2D eigenvalue weighted by atomic mass is 10.1. The summed E-state index contributed by atoms with van der Waals surface area (Å²) in [6.07, 6.45) is 0. The van der Waals surface area contributed by atoms with Crippen LogP contribution in [0.1, 0.15) is 88.2 Å². The summed E-state index contributed by atoms with van der Waals surface area (Å²) in [5.74, 6) is -3.45. The normalized spacial score (nSPS) is 13.4. The molecule has 4 N–H and O–H groups in total. The van der Waals surface area contributed by atoms with Crippen LogP contribution in [0.3, 0.4) is 0 Å². The number of Topliss-reactive ketones (excluding diaryl/α,β-unsaturated/α-hetero) is 2. The van der Waals surface area contributed by atoms with Crippen molar-refractivity contribution in [3.8, 4) is 11.5 Å². The van der Waals surface area contributed by atoms with Crippen LogP contribution in [0.2, 0.25) is 10.0 Å². The standard InChI is InChI=1S/C48H45Cl5N8O8/c1-23(49)31-10-8-12-39(43(31)68-6)56-45(64)34-21-29(14-17-36(34)52)58-60-41(26(4)62)47(66)54-28-16-19-38(33(20-28)25(3)51)55-48(67)42(27(5)63)61-59-30-15-18-37(53)35(22-30)46(65)57-40-13-9-11-32(24(2)50)44(40)69-7/h8-25,41-42H,1-7H3,(H,54,66)(H,55,67)(H,56,64)(H,57,65). The van der Waals surface area contributed by atoms with Gasteiger partial charge in [0.2, 0.25) is 12.1 Å². The van der Waals surface area contributed by atoms with Gasteiger partial charge in [-0.2, -0.15) is 20.5 Å². The second-order valence-electron chi connectivity index (χ2n) is 15.2. The number of carbonyl (C=O) groups excluding carboxylic acids is 6. The minimum Gasteiger partial charge on any atom is -0.494 e. The number of amides is 4. The molecule has 0 aliphatic rings. The minimum absolute atomic E-state index is 0.0219. The average molecular weight is 1040 g/mol. The third-order valence-corrected chi connectivity index (χ3v) is 11.5. The summed E-state index contributed by atoms with van der Waals surface area (Å²) < 4.78 is 11.0. The van der Waals surface area contributed by atoms with E-state index in [9.17, 15) is 28.8 Å². The van der Waals surface area contributed by atoms with Crippen molar-refractivity contribution in [2.24, 2.45) is 20.5 Å². The van der Waals surface area contributed by atoms with E-state index in [4.69, 9.17) is 67.5 Å². The number of para-hydroxylation sites is 2. The molecule has 0 radical (unpaired) electrons. The zero-order chi connectivity index (χ0) is 50.7. The molecule has 5 atom stereocenters. The van der Waals surface area contributed by atoms with Gasteiger partial charge in [0.1, 0.15) is 11.5 Å². The Balaban J connectivity index is 1.29. The molecular weight excluding hydrogens is 994 g/mol. The van der Waals surface area contributed by atoms with Crippen molar-refractivity contribution < 1.29 is 38.2 Å². The molecule has 5 rings (SSSR count). The Morgan fingerprint density at radius 3 is 1.32 bits per heavy atom. The van der Waals surface area contributed by atoms with E-state index in [1.54, 1.807) is 57.2 Å². The van der Waals surface area contributed by atoms with E-state index in [1.807, 2.05) is 0 Å². The Bertz CT molecular complexity index is 2860. The number of nitrogens with one attached hydrogen (secondary N) is 4. The van der Waals surface area contributed by atoms with E-state index >= 15 is 0 Å². The SMILES string of the molecule is COc1c(NC(=O)c2cc(N=NC(C(C)=O)C(=O)Nc3ccc(NC(=O)C(N=Nc4ccc(Cl)c(C(=O)Nc5cccc(C(C)Cl)c5OC)c4)C(C)=O)c(C(C)Cl)c3)ccc2Cl)cccc1C(C)Cl. The number of ketones is 2. The minimum atomic E-state index is -1.63. The van der Waals surface area contributed by atoms with E-state index in [0.29, 0.717) is 39.6 Å². The van der Waals surface area contributed by atoms with Crippen molar-refractivity contribution in [3.63, 3.8) is 0 Å². The van der Waals surface area contributed by atoms with Gasteiger partial charge in [-0.15, -0.1) is 34.8 Å². The molecule has 0 fully saturated rings. The number of hydrogen-bond acceptors (Lipinski definition) is 12. The first-order valence-electron chi connectivity index (χ1n) is 20.8. The number of benzene rings is 5. The zero-order valence-electron chi connectivity index (χ0n) is 38.0. The quantitative estimate of drug-likeness (QED) is 0.0353. The van der Waals surface area contributed by atoms with E-state index < -0.39 is 63.4 Å². The Morgan fingerprint density at radius 1 is 0.507 bits per heavy atom. The van der Waals surface area contributed by atoms with Gasteiger partial charge in [0.05, 0.1) is 74.3 Å². The summed E-state index contributed by atoms with van der Waals surface area (Å²) in [5.41, 5.74) is 2.98. The average Bonchev–Trinajstić information content (AvgIpc) is 3.29. The van der Waals surface area contributed by atoms with Crippen LogP contribution in [0.15, 0.2) is 111 Å². The lowest BCUT2D eigenvalue weighted by Gasteiger charge is -2.17. The lowest BCUT2D eigenvalue weighted by molar-refractivity contribution is -0.127. The number of hydrogen-bond donors (Lipinski definition) is 4. The highest BCUT2D eigenvalue weighted by atomic mass is 35.5. The van der Waals surface area contributed by atoms with Gasteiger partial charge in [-0.1, -0.05) is 47.5 Å². The lowest BCUT2D eigenvalue weighted by Crippen LogP contribution is -2.32. The van der Waals surface area contributed by atoms with Gasteiger partial charge in [-0.25, -0.2) is 0 Å². The number of nitrogens with zero attached hydrogens (tertiary/aromatic N) is 4. The first-order valence-corrected chi connectivity index (χ1v) is 22.9. The second kappa shape index (κ2) is 24.2. The van der Waals surface area contributed by atoms with E-state index in [2.05, 4.69) is 41.7 Å². The molecule has 0 heterocycles. The second-order valence-corrected chi connectivity index (χ2v) is 18.0. The molecule has 0 aliphatic heterocycles. The number of halogens is 5. The number of carbonyl (C=O) groups is 6. The van der Waals surface area contributed by atoms with Crippen LogP contribution in [0.25, 0.3) is 0 Å². The van der Waals surface area contributed by atoms with Crippen molar-refractivity contribution in [3.05, 3.63) is 129 Å². The Kier molecular flexibility index (Phi) is 18.8. The number of methoxy groups -OCH3 is 2. The molecule has 5 unspecified atom stereocenters. The van der Waals surface area contributed by atoms with Crippen LogP contribution in [-0.4, -0.2) is 61.5 Å². The summed E-state index contributed by atoms with van der Waals surface area (Å²) in [4.78, 5) is 79.2. The topological polar surface area (TPSA) is 218 Å². The van der Waals surface area contributed by atoms with Gasteiger partial charge in [-0.05, 0) is 107 Å². The molecule has 4 amide bonds. The van der Waals surface area contributed by atoms with Gasteiger partial charge in [0.15, 0.2) is 11.6 Å². The number of anilines is 4. The van der Waals surface area contributed by atoms with E-state index in [-0.39, 0.29) is 43.9 Å². The van der Waals surface area contributed by atoms with Crippen LogP contribution in [-0.2, 0) is 19.2 Å². The maximum absolute atomic E-state index is 13.5. The molecule has 16 nitrogen and oxygen atoms in total. The van der Waals surface area contributed by atoms with Crippen LogP contribution in [0, 0.1) is 0 Å². The summed E-state index contributed by atoms with van der Waals surface area (Å²) >= 11 is 31.9. The molecule has 5 aromatic rings. The molecule has 0 saturated heterocycles. The van der Waals surface area contributed by atoms with Crippen molar-refractivity contribution in [2.75, 3.05) is 35.5 Å². The summed E-state index contributed by atoms with van der Waals surface area (Å²) in [5, 5.41) is 25.5. The van der Waals surface area contributed by atoms with Crippen molar-refractivity contribution in [1.82, 2.24) is 0 Å². The predicted octanol–water partition coefficient (Wildman–Crippen LogP) is 12.8. The largest absolute Gasteiger partial charge is 0.494 e. The van der Waals surface area contributed by atoms with Crippen LogP contribution in [0.4, 0.5) is 34.1 Å². The molecule has 0 spiro atoms. The summed E-state index contributed by atoms with van der Waals surface area (Å²) in [7, 11) is 2.91. The molecule has 0 aliphatic carbocycles.